The molecular weight excluding hydrogens is 524 g/mol. The number of carbonyl (C=O) groups excluding carboxylic acids is 4. The molecule has 6 saturated heterocycles. The number of aliphatic hydroxyl groups excluding tert-OH is 1. The minimum absolute atomic E-state index is 0.0663. The fourth-order valence-electron chi connectivity index (χ4n) is 10.8. The molecule has 0 aromatic heterocycles. The Labute approximate surface area is 231 Å². The van der Waals surface area contributed by atoms with Gasteiger partial charge in [-0.3, -0.25) is 19.2 Å². The molecule has 6 aliphatic heterocycles. The molecule has 2 bridgehead atoms. The van der Waals surface area contributed by atoms with Gasteiger partial charge in [0.1, 0.15) is 29.5 Å². The molecule has 2 aliphatic carbocycles. The van der Waals surface area contributed by atoms with Crippen molar-refractivity contribution in [3.05, 3.63) is 0 Å². The van der Waals surface area contributed by atoms with Crippen LogP contribution in [0.5, 0.6) is 0 Å². The van der Waals surface area contributed by atoms with Crippen molar-refractivity contribution in [1.82, 2.24) is 0 Å². The first kappa shape index (κ1) is 25.8. The molecule has 3 spiro atoms. The SMILES string of the molecule is CC1C(=O)OC2C1OC13OC4(CCC5(C)C(=O)C(C)(O)C2C51)CC12OC(=O)CC1OC(C)(C)C2CC(O)C4C3=O. The van der Waals surface area contributed by atoms with Crippen molar-refractivity contribution in [1.29, 1.82) is 0 Å². The zero-order chi connectivity index (χ0) is 28.6. The van der Waals surface area contributed by atoms with Crippen molar-refractivity contribution in [2.45, 2.75) is 119 Å². The molecule has 2 saturated carbocycles. The predicted octanol–water partition coefficient (Wildman–Crippen LogP) is 0.598. The van der Waals surface area contributed by atoms with Crippen LogP contribution < -0.4 is 0 Å². The summed E-state index contributed by atoms with van der Waals surface area (Å²) in [5.41, 5.74) is -6.27. The summed E-state index contributed by atoms with van der Waals surface area (Å²) in [6.07, 6.45) is -2.79. The normalized spacial score (nSPS) is 60.6. The van der Waals surface area contributed by atoms with E-state index in [0.29, 0.717) is 0 Å². The van der Waals surface area contributed by atoms with E-state index in [2.05, 4.69) is 0 Å². The van der Waals surface area contributed by atoms with Crippen LogP contribution in [-0.4, -0.2) is 86.3 Å². The van der Waals surface area contributed by atoms with Crippen LogP contribution in [0.25, 0.3) is 0 Å². The highest BCUT2D eigenvalue weighted by Gasteiger charge is 2.85. The average molecular weight is 561 g/mol. The second-order valence-electron chi connectivity index (χ2n) is 14.7. The number of rotatable bonds is 0. The molecule has 11 nitrogen and oxygen atoms in total. The van der Waals surface area contributed by atoms with Crippen molar-refractivity contribution in [3.63, 3.8) is 0 Å². The van der Waals surface area contributed by atoms with Crippen LogP contribution >= 0.6 is 0 Å². The number of hydrogen-bond acceptors (Lipinski definition) is 11. The molecule has 0 aromatic carbocycles. The zero-order valence-electron chi connectivity index (χ0n) is 23.3. The first-order chi connectivity index (χ1) is 18.5. The van der Waals surface area contributed by atoms with Gasteiger partial charge in [-0.25, -0.2) is 0 Å². The Morgan fingerprint density at radius 2 is 1.70 bits per heavy atom. The Bertz CT molecular complexity index is 1290. The van der Waals surface area contributed by atoms with Crippen LogP contribution in [0.1, 0.15) is 66.7 Å². The van der Waals surface area contributed by atoms with Gasteiger partial charge in [-0.15, -0.1) is 0 Å². The van der Waals surface area contributed by atoms with Gasteiger partial charge in [-0.05, 0) is 47.0 Å². The van der Waals surface area contributed by atoms with E-state index in [-0.39, 0.29) is 38.0 Å². The van der Waals surface area contributed by atoms with Crippen LogP contribution in [0.2, 0.25) is 0 Å². The van der Waals surface area contributed by atoms with Crippen molar-refractivity contribution in [2.75, 3.05) is 0 Å². The van der Waals surface area contributed by atoms with E-state index in [4.69, 9.17) is 23.7 Å². The van der Waals surface area contributed by atoms with E-state index in [0.717, 1.165) is 0 Å². The summed E-state index contributed by atoms with van der Waals surface area (Å²) >= 11 is 0. The minimum Gasteiger partial charge on any atom is -0.459 e. The number of hydrogen-bond donors (Lipinski definition) is 2. The van der Waals surface area contributed by atoms with E-state index in [1.807, 2.05) is 13.8 Å². The Kier molecular flexibility index (Phi) is 4.50. The fourth-order valence-corrected chi connectivity index (χ4v) is 10.8. The highest BCUT2D eigenvalue weighted by molar-refractivity contribution is 6.00. The van der Waals surface area contributed by atoms with E-state index in [1.165, 1.54) is 6.92 Å². The first-order valence-electron chi connectivity index (χ1n) is 14.5. The van der Waals surface area contributed by atoms with Crippen molar-refractivity contribution in [3.8, 4) is 0 Å². The maximum Gasteiger partial charge on any atom is 0.311 e. The largest absolute Gasteiger partial charge is 0.459 e. The molecule has 14 unspecified atom stereocenters. The summed E-state index contributed by atoms with van der Waals surface area (Å²) in [5, 5.41) is 23.5. The van der Waals surface area contributed by atoms with E-state index in [1.54, 1.807) is 13.8 Å². The summed E-state index contributed by atoms with van der Waals surface area (Å²) in [4.78, 5) is 54.3. The summed E-state index contributed by atoms with van der Waals surface area (Å²) in [6, 6.07) is 0. The number of esters is 2. The van der Waals surface area contributed by atoms with Gasteiger partial charge < -0.3 is 33.9 Å². The molecule has 40 heavy (non-hydrogen) atoms. The summed E-state index contributed by atoms with van der Waals surface area (Å²) in [5.74, 6) is -7.87. The second-order valence-corrected chi connectivity index (χ2v) is 14.7. The van der Waals surface area contributed by atoms with Crippen LogP contribution in [0.3, 0.4) is 0 Å². The number of carbonyl (C=O) groups is 4. The number of Topliss-reactive ketones (excluding diaryl/α,β-unsaturated/α-hetero) is 2. The van der Waals surface area contributed by atoms with E-state index >= 15 is 0 Å². The highest BCUT2D eigenvalue weighted by atomic mass is 16.7. The maximum atomic E-state index is 14.8. The molecular formula is C29H36O11. The average Bonchev–Trinajstić information content (AvgIpc) is 3.44. The smallest absolute Gasteiger partial charge is 0.311 e. The molecule has 11 heteroatoms. The maximum absolute atomic E-state index is 14.8. The van der Waals surface area contributed by atoms with Crippen LogP contribution in [0, 0.1) is 35.0 Å². The molecule has 14 atom stereocenters. The molecule has 2 N–H and O–H groups in total. The summed E-state index contributed by atoms with van der Waals surface area (Å²) in [7, 11) is 0. The monoisotopic (exact) mass is 560 g/mol. The first-order valence-corrected chi connectivity index (χ1v) is 14.5. The van der Waals surface area contributed by atoms with Crippen molar-refractivity contribution in [2.24, 2.45) is 35.0 Å². The van der Waals surface area contributed by atoms with Crippen molar-refractivity contribution < 1.29 is 53.1 Å². The van der Waals surface area contributed by atoms with Gasteiger partial charge in [-0.2, -0.15) is 0 Å². The fraction of sp³-hybridized carbons (Fsp3) is 0.862. The van der Waals surface area contributed by atoms with Crippen LogP contribution in [0.4, 0.5) is 0 Å². The van der Waals surface area contributed by atoms with Gasteiger partial charge in [-0.1, -0.05) is 6.92 Å². The molecule has 6 heterocycles. The third-order valence-electron chi connectivity index (χ3n) is 12.3. The lowest BCUT2D eigenvalue weighted by Gasteiger charge is -2.50. The summed E-state index contributed by atoms with van der Waals surface area (Å²) in [6.45, 7) is 8.62. The Balaban J connectivity index is 1.33. The van der Waals surface area contributed by atoms with Gasteiger partial charge in [0.25, 0.3) is 0 Å². The lowest BCUT2D eigenvalue weighted by molar-refractivity contribution is -0.336. The number of aliphatic hydroxyl groups is 2. The van der Waals surface area contributed by atoms with Gasteiger partial charge in [0.2, 0.25) is 11.6 Å². The summed E-state index contributed by atoms with van der Waals surface area (Å²) < 4.78 is 31.7. The van der Waals surface area contributed by atoms with Gasteiger partial charge in [0, 0.05) is 29.6 Å². The molecule has 8 rings (SSSR count). The molecule has 0 radical (unpaired) electrons. The molecule has 8 fully saturated rings. The number of ether oxygens (including phenoxy) is 5. The van der Waals surface area contributed by atoms with Gasteiger partial charge >= 0.3 is 11.9 Å². The standard InChI is InChI=1S/C29H36O11/c1-11-18-19(36-22(11)33)17-20-25(4,23(34)26(17,5)35)6-7-27-10-28-13(24(2,3)37-14(28)9-15(31)38-28)8-12(30)16(27)21(32)29(20,39-18)40-27/h11-14,16-20,30,35H,6-10H2,1-5H3. The number of ketones is 2. The second kappa shape index (κ2) is 6.99. The quantitative estimate of drug-likeness (QED) is 0.400. The third-order valence-corrected chi connectivity index (χ3v) is 12.3. The molecule has 218 valence electrons. The highest BCUT2D eigenvalue weighted by Crippen LogP contribution is 2.71. The third kappa shape index (κ3) is 2.55. The van der Waals surface area contributed by atoms with Crippen molar-refractivity contribution >= 4 is 23.5 Å². The zero-order valence-corrected chi connectivity index (χ0v) is 23.3. The number of fused-ring (bicyclic) bond motifs is 2. The predicted molar refractivity (Wildman–Crippen MR) is 130 cm³/mol. The lowest BCUT2D eigenvalue weighted by atomic mass is 9.60. The minimum atomic E-state index is -1.99. The lowest BCUT2D eigenvalue weighted by Crippen LogP contribution is -2.65. The van der Waals surface area contributed by atoms with Gasteiger partial charge in [0.05, 0.1) is 35.6 Å². The van der Waals surface area contributed by atoms with E-state index in [9.17, 15) is 29.4 Å². The Hall–Kier alpha value is -1.92. The molecule has 8 aliphatic rings. The van der Waals surface area contributed by atoms with Gasteiger partial charge in [0.15, 0.2) is 5.78 Å². The molecule has 0 amide bonds. The Morgan fingerprint density at radius 1 is 0.975 bits per heavy atom. The van der Waals surface area contributed by atoms with Crippen LogP contribution in [0.15, 0.2) is 0 Å². The van der Waals surface area contributed by atoms with Crippen LogP contribution in [-0.2, 0) is 42.9 Å². The van der Waals surface area contributed by atoms with E-state index < -0.39 is 105 Å². The topological polar surface area (TPSA) is 155 Å². The Morgan fingerprint density at radius 3 is 2.42 bits per heavy atom. The molecule has 0 aromatic rings.